The van der Waals surface area contributed by atoms with Crippen molar-refractivity contribution in [2.75, 3.05) is 0 Å². The van der Waals surface area contributed by atoms with Crippen molar-refractivity contribution >= 4 is 5.71 Å². The van der Waals surface area contributed by atoms with E-state index in [1.807, 2.05) is 6.20 Å². The highest BCUT2D eigenvalue weighted by Gasteiger charge is 2.24. The van der Waals surface area contributed by atoms with E-state index in [1.54, 1.807) is 0 Å². The molecule has 2 heteroatoms. The lowest BCUT2D eigenvalue weighted by molar-refractivity contribution is 0.340. The summed E-state index contributed by atoms with van der Waals surface area (Å²) in [6.07, 6.45) is 11.7. The highest BCUT2D eigenvalue weighted by atomic mass is 14.8. The maximum absolute atomic E-state index is 6.18. The molecule has 0 aromatic carbocycles. The van der Waals surface area contributed by atoms with E-state index in [0.29, 0.717) is 5.92 Å². The van der Waals surface area contributed by atoms with E-state index < -0.39 is 0 Å². The molecular weight excluding hydrogens is 160 g/mol. The van der Waals surface area contributed by atoms with E-state index in [-0.39, 0.29) is 6.04 Å². The van der Waals surface area contributed by atoms with Crippen LogP contribution in [0.15, 0.2) is 17.3 Å². The molecule has 1 heterocycles. The monoisotopic (exact) mass is 178 g/mol. The van der Waals surface area contributed by atoms with Crippen molar-refractivity contribution < 1.29 is 0 Å². The van der Waals surface area contributed by atoms with Gasteiger partial charge in [-0.3, -0.25) is 4.99 Å². The van der Waals surface area contributed by atoms with Crippen LogP contribution in [0.3, 0.4) is 0 Å². The molecule has 0 spiro atoms. The summed E-state index contributed by atoms with van der Waals surface area (Å²) in [5.41, 5.74) is 7.38. The van der Waals surface area contributed by atoms with Gasteiger partial charge in [0.05, 0.1) is 0 Å². The van der Waals surface area contributed by atoms with Crippen molar-refractivity contribution in [1.29, 1.82) is 0 Å². The third-order valence-electron chi connectivity index (χ3n) is 3.22. The first-order chi connectivity index (χ1) is 6.38. The van der Waals surface area contributed by atoms with Crippen LogP contribution in [-0.2, 0) is 0 Å². The van der Waals surface area contributed by atoms with E-state index in [1.165, 1.54) is 37.8 Å². The predicted octanol–water partition coefficient (Wildman–Crippen LogP) is 2.25. The molecule has 1 atom stereocenters. The van der Waals surface area contributed by atoms with Crippen molar-refractivity contribution in [2.45, 2.75) is 44.6 Å². The van der Waals surface area contributed by atoms with Crippen LogP contribution in [0.2, 0.25) is 0 Å². The Labute approximate surface area is 79.9 Å². The van der Waals surface area contributed by atoms with Crippen LogP contribution in [0, 0.1) is 5.92 Å². The third-order valence-corrected chi connectivity index (χ3v) is 3.22. The first-order valence-corrected chi connectivity index (χ1v) is 5.35. The number of hydrogen-bond donors (Lipinski definition) is 1. The van der Waals surface area contributed by atoms with Crippen LogP contribution in [-0.4, -0.2) is 11.8 Å². The van der Waals surface area contributed by atoms with Gasteiger partial charge in [-0.1, -0.05) is 25.3 Å². The number of allylic oxidation sites excluding steroid dienone is 1. The Morgan fingerprint density at radius 1 is 1.31 bits per heavy atom. The first kappa shape index (κ1) is 8.95. The SMILES string of the molecule is NC(C1=NC=CC1)C1CCCCC1. The molecule has 13 heavy (non-hydrogen) atoms. The van der Waals surface area contributed by atoms with Gasteiger partial charge in [0, 0.05) is 24.4 Å². The number of aliphatic imine (C=N–C) groups is 1. The normalized spacial score (nSPS) is 26.1. The summed E-state index contributed by atoms with van der Waals surface area (Å²) in [5, 5.41) is 0. The van der Waals surface area contributed by atoms with Crippen molar-refractivity contribution in [3.63, 3.8) is 0 Å². The van der Waals surface area contributed by atoms with Gasteiger partial charge in [-0.05, 0) is 18.8 Å². The minimum atomic E-state index is 0.232. The smallest absolute Gasteiger partial charge is 0.0462 e. The summed E-state index contributed by atoms with van der Waals surface area (Å²) in [6, 6.07) is 0.232. The summed E-state index contributed by atoms with van der Waals surface area (Å²) in [6.45, 7) is 0. The number of nitrogens with zero attached hydrogens (tertiary/aromatic N) is 1. The predicted molar refractivity (Wildman–Crippen MR) is 55.7 cm³/mol. The van der Waals surface area contributed by atoms with Gasteiger partial charge >= 0.3 is 0 Å². The molecule has 1 aliphatic heterocycles. The Balaban J connectivity index is 1.91. The summed E-state index contributed by atoms with van der Waals surface area (Å²) >= 11 is 0. The number of rotatable bonds is 2. The van der Waals surface area contributed by atoms with Gasteiger partial charge in [0.1, 0.15) is 0 Å². The summed E-state index contributed by atoms with van der Waals surface area (Å²) in [4.78, 5) is 4.32. The highest BCUT2D eigenvalue weighted by Crippen LogP contribution is 2.27. The molecule has 1 saturated carbocycles. The second kappa shape index (κ2) is 4.05. The molecule has 0 bridgehead atoms. The molecule has 0 radical (unpaired) electrons. The zero-order valence-corrected chi connectivity index (χ0v) is 8.08. The van der Waals surface area contributed by atoms with Crippen LogP contribution in [0.5, 0.6) is 0 Å². The molecule has 0 aromatic heterocycles. The van der Waals surface area contributed by atoms with Crippen molar-refractivity contribution in [3.8, 4) is 0 Å². The molecule has 1 aliphatic carbocycles. The Morgan fingerprint density at radius 3 is 2.69 bits per heavy atom. The van der Waals surface area contributed by atoms with Gasteiger partial charge in [-0.2, -0.15) is 0 Å². The van der Waals surface area contributed by atoms with Crippen molar-refractivity contribution in [3.05, 3.63) is 12.3 Å². The summed E-state index contributed by atoms with van der Waals surface area (Å²) in [5.74, 6) is 0.701. The van der Waals surface area contributed by atoms with E-state index in [9.17, 15) is 0 Å². The molecular formula is C11H18N2. The van der Waals surface area contributed by atoms with Crippen LogP contribution in [0.1, 0.15) is 38.5 Å². The zero-order valence-electron chi connectivity index (χ0n) is 8.08. The number of nitrogens with two attached hydrogens (primary N) is 1. The fourth-order valence-electron chi connectivity index (χ4n) is 2.36. The minimum Gasteiger partial charge on any atom is -0.323 e. The van der Waals surface area contributed by atoms with Gasteiger partial charge < -0.3 is 5.73 Å². The van der Waals surface area contributed by atoms with Crippen molar-refractivity contribution in [2.24, 2.45) is 16.6 Å². The van der Waals surface area contributed by atoms with Gasteiger partial charge in [-0.15, -0.1) is 0 Å². The Kier molecular flexibility index (Phi) is 2.79. The zero-order chi connectivity index (χ0) is 9.10. The van der Waals surface area contributed by atoms with Gasteiger partial charge in [0.2, 0.25) is 0 Å². The summed E-state index contributed by atoms with van der Waals surface area (Å²) < 4.78 is 0. The molecule has 0 saturated heterocycles. The molecule has 2 N–H and O–H groups in total. The van der Waals surface area contributed by atoms with Gasteiger partial charge in [0.25, 0.3) is 0 Å². The standard InChI is InChI=1S/C11H18N2/c12-11(10-7-4-8-13-10)9-5-2-1-3-6-9/h4,8-9,11H,1-3,5-7,12H2. The second-order valence-corrected chi connectivity index (χ2v) is 4.13. The molecule has 0 amide bonds. The Hall–Kier alpha value is -0.630. The number of hydrogen-bond acceptors (Lipinski definition) is 2. The van der Waals surface area contributed by atoms with Crippen LogP contribution in [0.25, 0.3) is 0 Å². The quantitative estimate of drug-likeness (QED) is 0.692. The van der Waals surface area contributed by atoms with E-state index in [4.69, 9.17) is 5.73 Å². The lowest BCUT2D eigenvalue weighted by Gasteiger charge is -2.27. The Morgan fingerprint density at radius 2 is 2.08 bits per heavy atom. The van der Waals surface area contributed by atoms with Crippen LogP contribution in [0.4, 0.5) is 0 Å². The highest BCUT2D eigenvalue weighted by molar-refractivity contribution is 5.92. The van der Waals surface area contributed by atoms with E-state index in [0.717, 1.165) is 6.42 Å². The molecule has 0 aromatic rings. The summed E-state index contributed by atoms with van der Waals surface area (Å²) in [7, 11) is 0. The second-order valence-electron chi connectivity index (χ2n) is 4.13. The van der Waals surface area contributed by atoms with Crippen LogP contribution >= 0.6 is 0 Å². The maximum atomic E-state index is 6.18. The average Bonchev–Trinajstić information content (AvgIpc) is 2.71. The Bertz CT molecular complexity index is 224. The molecule has 1 fully saturated rings. The topological polar surface area (TPSA) is 38.4 Å². The van der Waals surface area contributed by atoms with Gasteiger partial charge in [-0.25, -0.2) is 0 Å². The molecule has 1 unspecified atom stereocenters. The average molecular weight is 178 g/mol. The molecule has 2 nitrogen and oxygen atoms in total. The molecule has 72 valence electrons. The molecule has 2 aliphatic rings. The van der Waals surface area contributed by atoms with Crippen molar-refractivity contribution in [1.82, 2.24) is 0 Å². The van der Waals surface area contributed by atoms with Gasteiger partial charge in [0.15, 0.2) is 0 Å². The third kappa shape index (κ3) is 1.99. The van der Waals surface area contributed by atoms with E-state index >= 15 is 0 Å². The fraction of sp³-hybridized carbons (Fsp3) is 0.727. The first-order valence-electron chi connectivity index (χ1n) is 5.35. The lowest BCUT2D eigenvalue weighted by Crippen LogP contribution is -2.38. The maximum Gasteiger partial charge on any atom is 0.0462 e. The lowest BCUT2D eigenvalue weighted by atomic mass is 9.82. The minimum absolute atomic E-state index is 0.232. The van der Waals surface area contributed by atoms with E-state index in [2.05, 4.69) is 11.1 Å². The fourth-order valence-corrected chi connectivity index (χ4v) is 2.36. The molecule has 2 rings (SSSR count). The largest absolute Gasteiger partial charge is 0.323 e. The van der Waals surface area contributed by atoms with Crippen LogP contribution < -0.4 is 5.73 Å².